The Balaban J connectivity index is 2.28. The molecule has 8 heteroatoms. The molecule has 0 aliphatic heterocycles. The van der Waals surface area contributed by atoms with E-state index in [0.717, 1.165) is 10.3 Å². The van der Waals surface area contributed by atoms with Gasteiger partial charge >= 0.3 is 5.69 Å². The predicted molar refractivity (Wildman–Crippen MR) is 70.8 cm³/mol. The lowest BCUT2D eigenvalue weighted by molar-refractivity contribution is 0.811. The van der Waals surface area contributed by atoms with E-state index >= 15 is 0 Å². The van der Waals surface area contributed by atoms with Crippen LogP contribution < -0.4 is 22.3 Å². The van der Waals surface area contributed by atoms with Gasteiger partial charge in [-0.05, 0) is 13.0 Å². The van der Waals surface area contributed by atoms with Crippen molar-refractivity contribution in [1.29, 1.82) is 0 Å². The van der Waals surface area contributed by atoms with Crippen molar-refractivity contribution in [2.24, 2.45) is 7.05 Å². The molecule has 2 heterocycles. The number of H-pyrrole nitrogens is 1. The summed E-state index contributed by atoms with van der Waals surface area (Å²) in [5, 5.41) is 2.87. The lowest BCUT2D eigenvalue weighted by atomic mass is 10.3. The molecule has 0 spiro atoms. The van der Waals surface area contributed by atoms with Crippen LogP contribution in [0.25, 0.3) is 0 Å². The standard InChI is InChI=1S/C11H14N6O2/c1-6-13-4-3-7(15-6)5-14-8-9(12)17(2)11(19)16-10(8)18/h3-4,14H,5,12H2,1-2H3,(H,16,18,19). The van der Waals surface area contributed by atoms with Gasteiger partial charge < -0.3 is 11.1 Å². The van der Waals surface area contributed by atoms with Crippen molar-refractivity contribution in [2.75, 3.05) is 11.1 Å². The van der Waals surface area contributed by atoms with Crippen molar-refractivity contribution in [2.45, 2.75) is 13.5 Å². The van der Waals surface area contributed by atoms with Gasteiger partial charge in [0.05, 0.1) is 12.2 Å². The van der Waals surface area contributed by atoms with E-state index in [9.17, 15) is 9.59 Å². The smallest absolute Gasteiger partial charge is 0.329 e. The van der Waals surface area contributed by atoms with Crippen LogP contribution in [0.15, 0.2) is 21.9 Å². The summed E-state index contributed by atoms with van der Waals surface area (Å²) in [5.41, 5.74) is 5.50. The molecule has 19 heavy (non-hydrogen) atoms. The summed E-state index contributed by atoms with van der Waals surface area (Å²) < 4.78 is 1.16. The van der Waals surface area contributed by atoms with Gasteiger partial charge in [-0.3, -0.25) is 14.3 Å². The van der Waals surface area contributed by atoms with Crippen molar-refractivity contribution in [3.8, 4) is 0 Å². The number of aromatic nitrogens is 4. The highest BCUT2D eigenvalue weighted by Crippen LogP contribution is 2.09. The van der Waals surface area contributed by atoms with E-state index < -0.39 is 11.2 Å². The molecule has 2 rings (SSSR count). The van der Waals surface area contributed by atoms with Crippen molar-refractivity contribution >= 4 is 11.5 Å². The molecule has 0 fully saturated rings. The Labute approximate surface area is 108 Å². The molecule has 0 aliphatic carbocycles. The first-order valence-electron chi connectivity index (χ1n) is 5.60. The zero-order chi connectivity index (χ0) is 14.0. The second kappa shape index (κ2) is 4.92. The minimum Gasteiger partial charge on any atom is -0.383 e. The molecular weight excluding hydrogens is 248 g/mol. The average Bonchev–Trinajstić information content (AvgIpc) is 2.36. The second-order valence-electron chi connectivity index (χ2n) is 4.03. The number of rotatable bonds is 3. The quantitative estimate of drug-likeness (QED) is 0.677. The summed E-state index contributed by atoms with van der Waals surface area (Å²) in [6.45, 7) is 2.09. The summed E-state index contributed by atoms with van der Waals surface area (Å²) >= 11 is 0. The van der Waals surface area contributed by atoms with E-state index in [1.807, 2.05) is 0 Å². The summed E-state index contributed by atoms with van der Waals surface area (Å²) in [6, 6.07) is 1.73. The normalized spacial score (nSPS) is 10.4. The Morgan fingerprint density at radius 2 is 2.21 bits per heavy atom. The van der Waals surface area contributed by atoms with Gasteiger partial charge in [0, 0.05) is 13.2 Å². The minimum atomic E-state index is -0.550. The molecule has 0 aliphatic rings. The zero-order valence-electron chi connectivity index (χ0n) is 10.6. The number of nitrogens with one attached hydrogen (secondary N) is 2. The maximum Gasteiger partial charge on any atom is 0.329 e. The van der Waals surface area contributed by atoms with Crippen LogP contribution >= 0.6 is 0 Å². The number of aromatic amines is 1. The Hall–Kier alpha value is -2.64. The number of hydrogen-bond donors (Lipinski definition) is 3. The van der Waals surface area contributed by atoms with Crippen molar-refractivity contribution in [1.82, 2.24) is 19.5 Å². The highest BCUT2D eigenvalue weighted by atomic mass is 16.2. The second-order valence-corrected chi connectivity index (χ2v) is 4.03. The molecule has 8 nitrogen and oxygen atoms in total. The molecule has 0 amide bonds. The first-order valence-corrected chi connectivity index (χ1v) is 5.60. The topological polar surface area (TPSA) is 119 Å². The summed E-state index contributed by atoms with van der Waals surface area (Å²) in [4.78, 5) is 33.3. The molecule has 0 saturated carbocycles. The van der Waals surface area contributed by atoms with Gasteiger partial charge in [-0.25, -0.2) is 14.8 Å². The van der Waals surface area contributed by atoms with Gasteiger partial charge in [0.25, 0.3) is 5.56 Å². The van der Waals surface area contributed by atoms with Crippen LogP contribution in [0.2, 0.25) is 0 Å². The lowest BCUT2D eigenvalue weighted by Crippen LogP contribution is -2.32. The van der Waals surface area contributed by atoms with E-state index in [1.165, 1.54) is 7.05 Å². The number of aryl methyl sites for hydroxylation is 1. The summed E-state index contributed by atoms with van der Waals surface area (Å²) in [6.07, 6.45) is 1.63. The molecule has 0 atom stereocenters. The number of hydrogen-bond acceptors (Lipinski definition) is 6. The monoisotopic (exact) mass is 262 g/mol. The largest absolute Gasteiger partial charge is 0.383 e. The average molecular weight is 262 g/mol. The number of nitrogen functional groups attached to an aromatic ring is 1. The maximum atomic E-state index is 11.7. The fraction of sp³-hybridized carbons (Fsp3) is 0.273. The number of nitrogens with zero attached hydrogens (tertiary/aromatic N) is 3. The highest BCUT2D eigenvalue weighted by Gasteiger charge is 2.09. The molecule has 2 aromatic rings. The van der Waals surface area contributed by atoms with E-state index in [4.69, 9.17) is 5.73 Å². The van der Waals surface area contributed by atoms with Gasteiger partial charge in [0.15, 0.2) is 0 Å². The van der Waals surface area contributed by atoms with Crippen LogP contribution in [0.1, 0.15) is 11.5 Å². The van der Waals surface area contributed by atoms with Crippen LogP contribution in [0.4, 0.5) is 11.5 Å². The van der Waals surface area contributed by atoms with E-state index in [2.05, 4.69) is 20.3 Å². The van der Waals surface area contributed by atoms with Gasteiger partial charge in [-0.2, -0.15) is 0 Å². The van der Waals surface area contributed by atoms with Crippen LogP contribution in [0, 0.1) is 6.92 Å². The van der Waals surface area contributed by atoms with Crippen molar-refractivity contribution < 1.29 is 0 Å². The molecular formula is C11H14N6O2. The van der Waals surface area contributed by atoms with Gasteiger partial charge in [-0.15, -0.1) is 0 Å². The first kappa shape index (κ1) is 12.8. The SMILES string of the molecule is Cc1nccc(CNc2c(N)n(C)c(=O)[nH]c2=O)n1. The van der Waals surface area contributed by atoms with E-state index in [0.29, 0.717) is 12.4 Å². The molecule has 0 unspecified atom stereocenters. The molecule has 0 saturated heterocycles. The van der Waals surface area contributed by atoms with Crippen LogP contribution in [-0.4, -0.2) is 19.5 Å². The Bertz CT molecular complexity index is 718. The Kier molecular flexibility index (Phi) is 3.32. The molecule has 4 N–H and O–H groups in total. The van der Waals surface area contributed by atoms with Gasteiger partial charge in [0.2, 0.25) is 0 Å². The van der Waals surface area contributed by atoms with Crippen molar-refractivity contribution in [3.05, 3.63) is 44.6 Å². The predicted octanol–water partition coefficient (Wildman–Crippen LogP) is -0.634. The summed E-state index contributed by atoms with van der Waals surface area (Å²) in [7, 11) is 1.48. The first-order chi connectivity index (χ1) is 8.99. The lowest BCUT2D eigenvalue weighted by Gasteiger charge is -2.10. The van der Waals surface area contributed by atoms with E-state index in [1.54, 1.807) is 19.2 Å². The molecule has 0 bridgehead atoms. The Morgan fingerprint density at radius 3 is 2.89 bits per heavy atom. The third-order valence-electron chi connectivity index (χ3n) is 2.65. The van der Waals surface area contributed by atoms with Crippen LogP contribution in [-0.2, 0) is 13.6 Å². The van der Waals surface area contributed by atoms with Crippen molar-refractivity contribution in [3.63, 3.8) is 0 Å². The zero-order valence-corrected chi connectivity index (χ0v) is 10.6. The summed E-state index contributed by atoms with van der Waals surface area (Å²) in [5.74, 6) is 0.723. The van der Waals surface area contributed by atoms with Crippen LogP contribution in [0.3, 0.4) is 0 Å². The number of nitrogens with two attached hydrogens (primary N) is 1. The highest BCUT2D eigenvalue weighted by molar-refractivity contribution is 5.60. The molecule has 100 valence electrons. The Morgan fingerprint density at radius 1 is 1.47 bits per heavy atom. The minimum absolute atomic E-state index is 0.0829. The molecule has 0 aromatic carbocycles. The van der Waals surface area contributed by atoms with Crippen LogP contribution in [0.5, 0.6) is 0 Å². The third kappa shape index (κ3) is 2.62. The fourth-order valence-corrected chi connectivity index (χ4v) is 1.59. The molecule has 0 radical (unpaired) electrons. The van der Waals surface area contributed by atoms with E-state index in [-0.39, 0.29) is 11.5 Å². The fourth-order valence-electron chi connectivity index (χ4n) is 1.59. The number of anilines is 2. The van der Waals surface area contributed by atoms with Gasteiger partial charge in [0.1, 0.15) is 17.3 Å². The van der Waals surface area contributed by atoms with Gasteiger partial charge in [-0.1, -0.05) is 0 Å². The maximum absolute atomic E-state index is 11.7. The third-order valence-corrected chi connectivity index (χ3v) is 2.65. The molecule has 2 aromatic heterocycles.